The summed E-state index contributed by atoms with van der Waals surface area (Å²) in [5.41, 5.74) is 1.50. The topological polar surface area (TPSA) is 66.4 Å². The number of nitrogens with zero attached hydrogens (tertiary/aromatic N) is 2. The Kier molecular flexibility index (Phi) is 2.82. The third-order valence-corrected chi connectivity index (χ3v) is 4.04. The fourth-order valence-electron chi connectivity index (χ4n) is 2.49. The van der Waals surface area contributed by atoms with E-state index in [1.807, 2.05) is 18.2 Å². The molecule has 0 bridgehead atoms. The molecule has 4 rings (SSSR count). The first-order valence-electron chi connectivity index (χ1n) is 6.91. The summed E-state index contributed by atoms with van der Waals surface area (Å²) in [4.78, 5) is 21.0. The molecule has 1 aliphatic heterocycles. The second-order valence-electron chi connectivity index (χ2n) is 5.32. The smallest absolute Gasteiger partial charge is 0.256 e. The van der Waals surface area contributed by atoms with Crippen molar-refractivity contribution in [3.05, 3.63) is 41.0 Å². The summed E-state index contributed by atoms with van der Waals surface area (Å²) in [7, 11) is 0. The van der Waals surface area contributed by atoms with Gasteiger partial charge in [-0.15, -0.1) is 0 Å². The van der Waals surface area contributed by atoms with Gasteiger partial charge < -0.3 is 5.32 Å². The van der Waals surface area contributed by atoms with E-state index in [1.165, 1.54) is 0 Å². The number of amides is 1. The Morgan fingerprint density at radius 3 is 2.95 bits per heavy atom. The van der Waals surface area contributed by atoms with E-state index in [0.717, 1.165) is 29.3 Å². The molecule has 2 aliphatic rings. The van der Waals surface area contributed by atoms with Crippen LogP contribution in [0.1, 0.15) is 24.4 Å². The van der Waals surface area contributed by atoms with Gasteiger partial charge in [0.05, 0.1) is 5.52 Å². The molecule has 1 fully saturated rings. The zero-order chi connectivity index (χ0) is 14.4. The lowest BCUT2D eigenvalue weighted by Crippen LogP contribution is -2.37. The monoisotopic (exact) mass is 300 g/mol. The van der Waals surface area contributed by atoms with Crippen LogP contribution in [0.5, 0.6) is 0 Å². The summed E-state index contributed by atoms with van der Waals surface area (Å²) in [6.45, 7) is 0. The minimum Gasteiger partial charge on any atom is -0.353 e. The van der Waals surface area contributed by atoms with E-state index in [0.29, 0.717) is 17.0 Å². The van der Waals surface area contributed by atoms with E-state index < -0.39 is 6.04 Å². The predicted molar refractivity (Wildman–Crippen MR) is 81.2 cm³/mol. The molecule has 1 saturated carbocycles. The van der Waals surface area contributed by atoms with Crippen LogP contribution >= 0.6 is 11.6 Å². The lowest BCUT2D eigenvalue weighted by molar-refractivity contribution is -0.120. The molecular formula is C15H13ClN4O. The van der Waals surface area contributed by atoms with Gasteiger partial charge in [0.15, 0.2) is 12.0 Å². The van der Waals surface area contributed by atoms with Crippen molar-refractivity contribution >= 4 is 34.4 Å². The highest BCUT2D eigenvalue weighted by Crippen LogP contribution is 2.31. The van der Waals surface area contributed by atoms with E-state index in [9.17, 15) is 4.79 Å². The van der Waals surface area contributed by atoms with Gasteiger partial charge >= 0.3 is 0 Å². The molecule has 0 radical (unpaired) electrons. The minimum atomic E-state index is -0.569. The number of fused-ring (bicyclic) bond motifs is 1. The zero-order valence-electron chi connectivity index (χ0n) is 11.1. The van der Waals surface area contributed by atoms with E-state index in [4.69, 9.17) is 11.6 Å². The quantitative estimate of drug-likeness (QED) is 0.893. The Morgan fingerprint density at radius 2 is 2.14 bits per heavy atom. The van der Waals surface area contributed by atoms with Gasteiger partial charge in [0.2, 0.25) is 0 Å². The average molecular weight is 301 g/mol. The Hall–Kier alpha value is -2.14. The van der Waals surface area contributed by atoms with Gasteiger partial charge in [-0.25, -0.2) is 4.99 Å². The summed E-state index contributed by atoms with van der Waals surface area (Å²) in [6, 6.07) is 7.22. The Morgan fingerprint density at radius 1 is 1.29 bits per heavy atom. The van der Waals surface area contributed by atoms with Gasteiger partial charge in [-0.05, 0) is 31.0 Å². The first-order chi connectivity index (χ1) is 10.2. The number of carbonyl (C=O) groups excluding carboxylic acids is 1. The molecular weight excluding hydrogens is 288 g/mol. The fraction of sp³-hybridized carbons (Fsp3) is 0.267. The molecule has 1 aliphatic carbocycles. The first kappa shape index (κ1) is 12.6. The van der Waals surface area contributed by atoms with E-state index >= 15 is 0 Å². The molecule has 6 heteroatoms. The van der Waals surface area contributed by atoms with Crippen molar-refractivity contribution in [1.29, 1.82) is 0 Å². The number of rotatable bonds is 2. The van der Waals surface area contributed by atoms with Gasteiger partial charge in [-0.3, -0.25) is 15.1 Å². The summed E-state index contributed by atoms with van der Waals surface area (Å²) >= 11 is 6.19. The van der Waals surface area contributed by atoms with Crippen LogP contribution in [0, 0.1) is 0 Å². The highest BCUT2D eigenvalue weighted by Gasteiger charge is 2.32. The third-order valence-electron chi connectivity index (χ3n) is 3.71. The number of aliphatic imine (C=N–C) groups is 1. The SMILES string of the molecule is O=C1NC(NC2CC2)=NC1c1ccc(Cl)c2cccnc12. The van der Waals surface area contributed by atoms with Crippen molar-refractivity contribution in [1.82, 2.24) is 15.6 Å². The zero-order valence-corrected chi connectivity index (χ0v) is 11.9. The molecule has 0 saturated heterocycles. The molecule has 1 aromatic carbocycles. The van der Waals surface area contributed by atoms with Crippen molar-refractivity contribution in [2.24, 2.45) is 4.99 Å². The maximum absolute atomic E-state index is 12.2. The van der Waals surface area contributed by atoms with Gasteiger partial charge in [-0.2, -0.15) is 0 Å². The van der Waals surface area contributed by atoms with Crippen LogP contribution in [0.4, 0.5) is 0 Å². The number of guanidine groups is 1. The van der Waals surface area contributed by atoms with Gasteiger partial charge in [0, 0.05) is 28.2 Å². The van der Waals surface area contributed by atoms with Crippen LogP contribution in [0.15, 0.2) is 35.5 Å². The molecule has 106 valence electrons. The average Bonchev–Trinajstić information content (AvgIpc) is 3.22. The number of hydrogen-bond acceptors (Lipinski definition) is 4. The number of benzene rings is 1. The van der Waals surface area contributed by atoms with Crippen LogP contribution in [0.2, 0.25) is 5.02 Å². The van der Waals surface area contributed by atoms with E-state index in [2.05, 4.69) is 20.6 Å². The molecule has 2 N–H and O–H groups in total. The fourth-order valence-corrected chi connectivity index (χ4v) is 2.71. The van der Waals surface area contributed by atoms with Gasteiger partial charge in [0.25, 0.3) is 5.91 Å². The summed E-state index contributed by atoms with van der Waals surface area (Å²) in [6.07, 6.45) is 3.96. The summed E-state index contributed by atoms with van der Waals surface area (Å²) < 4.78 is 0. The maximum atomic E-state index is 12.2. The van der Waals surface area contributed by atoms with E-state index in [-0.39, 0.29) is 5.91 Å². The van der Waals surface area contributed by atoms with Crippen molar-refractivity contribution in [3.63, 3.8) is 0 Å². The molecule has 2 heterocycles. The van der Waals surface area contributed by atoms with Crippen molar-refractivity contribution in [2.75, 3.05) is 0 Å². The van der Waals surface area contributed by atoms with Crippen molar-refractivity contribution < 1.29 is 4.79 Å². The summed E-state index contributed by atoms with van der Waals surface area (Å²) in [5, 5.41) is 7.47. The van der Waals surface area contributed by atoms with Crippen LogP contribution in [0.25, 0.3) is 10.9 Å². The standard InChI is InChI=1S/C15H13ClN4O/c16-11-6-5-10(12-9(11)2-1-7-17-12)13-14(21)20-15(19-13)18-8-3-4-8/h1-2,5-8,13H,3-4H2,(H2,18,19,20,21). The number of carbonyl (C=O) groups is 1. The van der Waals surface area contributed by atoms with Crippen LogP contribution in [-0.4, -0.2) is 22.9 Å². The number of pyridine rings is 1. The van der Waals surface area contributed by atoms with Crippen LogP contribution in [-0.2, 0) is 4.79 Å². The van der Waals surface area contributed by atoms with E-state index in [1.54, 1.807) is 12.3 Å². The minimum absolute atomic E-state index is 0.132. The molecule has 2 aromatic rings. The Bertz CT molecular complexity index is 769. The molecule has 1 aromatic heterocycles. The second kappa shape index (κ2) is 4.70. The second-order valence-corrected chi connectivity index (χ2v) is 5.73. The van der Waals surface area contributed by atoms with Crippen LogP contribution < -0.4 is 10.6 Å². The Labute approximate surface area is 126 Å². The van der Waals surface area contributed by atoms with Crippen LogP contribution in [0.3, 0.4) is 0 Å². The van der Waals surface area contributed by atoms with Crippen molar-refractivity contribution in [2.45, 2.75) is 24.9 Å². The maximum Gasteiger partial charge on any atom is 0.256 e. The highest BCUT2D eigenvalue weighted by atomic mass is 35.5. The molecule has 0 spiro atoms. The number of halogens is 1. The summed E-state index contributed by atoms with van der Waals surface area (Å²) in [5.74, 6) is 0.430. The highest BCUT2D eigenvalue weighted by molar-refractivity contribution is 6.35. The van der Waals surface area contributed by atoms with Gasteiger partial charge in [-0.1, -0.05) is 17.7 Å². The molecule has 1 unspecified atom stereocenters. The first-order valence-corrected chi connectivity index (χ1v) is 7.28. The van der Waals surface area contributed by atoms with Gasteiger partial charge in [0.1, 0.15) is 0 Å². The molecule has 1 amide bonds. The lowest BCUT2D eigenvalue weighted by atomic mass is 10.0. The normalized spacial score (nSPS) is 21.3. The Balaban J connectivity index is 1.77. The predicted octanol–water partition coefficient (Wildman–Crippen LogP) is 2.17. The lowest BCUT2D eigenvalue weighted by Gasteiger charge is -2.09. The molecule has 5 nitrogen and oxygen atoms in total. The molecule has 1 atom stereocenters. The number of hydrogen-bond donors (Lipinski definition) is 2. The number of nitrogens with one attached hydrogen (secondary N) is 2. The third kappa shape index (κ3) is 2.23. The van der Waals surface area contributed by atoms with Crippen molar-refractivity contribution in [3.8, 4) is 0 Å². The molecule has 21 heavy (non-hydrogen) atoms. The largest absolute Gasteiger partial charge is 0.353 e. The number of aromatic nitrogens is 1.